The Morgan fingerprint density at radius 1 is 1.47 bits per heavy atom. The van der Waals surface area contributed by atoms with Crippen LogP contribution in [0.15, 0.2) is 35.2 Å². The molecule has 0 aliphatic carbocycles. The van der Waals surface area contributed by atoms with E-state index in [2.05, 4.69) is 4.98 Å². The summed E-state index contributed by atoms with van der Waals surface area (Å²) in [4.78, 5) is 3.66. The van der Waals surface area contributed by atoms with Crippen molar-refractivity contribution in [3.63, 3.8) is 0 Å². The van der Waals surface area contributed by atoms with Gasteiger partial charge in [-0.25, -0.2) is 9.37 Å². The van der Waals surface area contributed by atoms with Crippen LogP contribution in [0.5, 0.6) is 0 Å². The van der Waals surface area contributed by atoms with Crippen LogP contribution in [0.4, 0.5) is 4.39 Å². The van der Waals surface area contributed by atoms with E-state index in [0.29, 0.717) is 5.56 Å². The normalized spacial score (nSPS) is 12.7. The van der Waals surface area contributed by atoms with E-state index in [-0.39, 0.29) is 10.8 Å². The molecule has 3 nitrogen and oxygen atoms in total. The van der Waals surface area contributed by atoms with E-state index in [9.17, 15) is 9.50 Å². The van der Waals surface area contributed by atoms with Crippen molar-refractivity contribution in [2.24, 2.45) is 0 Å². The topological polar surface area (TPSA) is 46.3 Å². The first kappa shape index (κ1) is 10.1. The summed E-state index contributed by atoms with van der Waals surface area (Å²) >= 11 is 5.52. The molecule has 1 aromatic carbocycles. The summed E-state index contributed by atoms with van der Waals surface area (Å²) in [5, 5.41) is 9.77. The van der Waals surface area contributed by atoms with Gasteiger partial charge in [-0.1, -0.05) is 17.7 Å². The second kappa shape index (κ2) is 4.00. The third kappa shape index (κ3) is 2.00. The molecule has 0 bridgehead atoms. The quantitative estimate of drug-likeness (QED) is 0.858. The monoisotopic (exact) mass is 227 g/mol. The highest BCUT2D eigenvalue weighted by molar-refractivity contribution is 6.30. The van der Waals surface area contributed by atoms with Gasteiger partial charge in [0, 0.05) is 0 Å². The average Bonchev–Trinajstić information content (AvgIpc) is 2.74. The number of aliphatic hydroxyl groups excluding tert-OH is 1. The number of aromatic nitrogens is 1. The van der Waals surface area contributed by atoms with Crippen LogP contribution in [0.3, 0.4) is 0 Å². The first-order valence-corrected chi connectivity index (χ1v) is 4.57. The molecule has 0 aliphatic heterocycles. The Balaban J connectivity index is 2.34. The molecule has 15 heavy (non-hydrogen) atoms. The fourth-order valence-corrected chi connectivity index (χ4v) is 1.32. The zero-order valence-electron chi connectivity index (χ0n) is 7.52. The van der Waals surface area contributed by atoms with Crippen LogP contribution in [0.25, 0.3) is 0 Å². The van der Waals surface area contributed by atoms with Crippen molar-refractivity contribution in [2.75, 3.05) is 0 Å². The molecule has 2 aromatic rings. The highest BCUT2D eigenvalue weighted by Gasteiger charge is 2.15. The highest BCUT2D eigenvalue weighted by Crippen LogP contribution is 2.24. The van der Waals surface area contributed by atoms with Crippen molar-refractivity contribution in [3.8, 4) is 0 Å². The molecule has 1 atom stereocenters. The number of nitrogens with zero attached hydrogens (tertiary/aromatic N) is 1. The molecule has 0 saturated heterocycles. The first-order valence-electron chi connectivity index (χ1n) is 4.20. The summed E-state index contributed by atoms with van der Waals surface area (Å²) in [5.74, 6) is -0.315. The predicted octanol–water partition coefficient (Wildman–Crippen LogP) is 2.55. The standard InChI is InChI=1S/C10H7ClFNO2/c11-7-2-1-6(3-8(7)12)10(14)9-4-13-5-15-9/h1-5,10,14H/t10-/m0/s1. The minimum absolute atomic E-state index is 0.0171. The van der Waals surface area contributed by atoms with Crippen molar-refractivity contribution < 1.29 is 13.9 Å². The van der Waals surface area contributed by atoms with Gasteiger partial charge >= 0.3 is 0 Å². The summed E-state index contributed by atoms with van der Waals surface area (Å²) in [6.45, 7) is 0. The van der Waals surface area contributed by atoms with Crippen molar-refractivity contribution in [1.29, 1.82) is 0 Å². The molecule has 0 aliphatic rings. The molecule has 0 radical (unpaired) electrons. The van der Waals surface area contributed by atoms with Crippen LogP contribution in [0.1, 0.15) is 17.4 Å². The predicted molar refractivity (Wildman–Crippen MR) is 52.0 cm³/mol. The number of benzene rings is 1. The van der Waals surface area contributed by atoms with Gasteiger partial charge in [0.05, 0.1) is 11.2 Å². The van der Waals surface area contributed by atoms with Gasteiger partial charge in [0.25, 0.3) is 0 Å². The van der Waals surface area contributed by atoms with Crippen LogP contribution < -0.4 is 0 Å². The molecule has 5 heteroatoms. The van der Waals surface area contributed by atoms with E-state index in [4.69, 9.17) is 16.0 Å². The molecular weight excluding hydrogens is 221 g/mol. The Kier molecular flexibility index (Phi) is 2.70. The number of hydrogen-bond acceptors (Lipinski definition) is 3. The van der Waals surface area contributed by atoms with Crippen molar-refractivity contribution in [2.45, 2.75) is 6.10 Å². The third-order valence-corrected chi connectivity index (χ3v) is 2.29. The number of hydrogen-bond donors (Lipinski definition) is 1. The number of oxazole rings is 1. The highest BCUT2D eigenvalue weighted by atomic mass is 35.5. The molecule has 1 heterocycles. The molecule has 78 valence electrons. The average molecular weight is 228 g/mol. The Hall–Kier alpha value is -1.39. The number of halogens is 2. The Bertz CT molecular complexity index is 458. The van der Waals surface area contributed by atoms with Gasteiger partial charge in [0.2, 0.25) is 0 Å². The molecule has 0 spiro atoms. The van der Waals surface area contributed by atoms with Gasteiger partial charge < -0.3 is 9.52 Å². The van der Waals surface area contributed by atoms with E-state index >= 15 is 0 Å². The van der Waals surface area contributed by atoms with Crippen molar-refractivity contribution in [1.82, 2.24) is 4.98 Å². The maximum Gasteiger partial charge on any atom is 0.181 e. The van der Waals surface area contributed by atoms with E-state index in [1.165, 1.54) is 24.7 Å². The Morgan fingerprint density at radius 2 is 2.27 bits per heavy atom. The summed E-state index contributed by atoms with van der Waals surface area (Å²) in [7, 11) is 0. The van der Waals surface area contributed by atoms with E-state index < -0.39 is 11.9 Å². The summed E-state index contributed by atoms with van der Waals surface area (Å²) in [5.41, 5.74) is 0.369. The molecule has 0 saturated carbocycles. The third-order valence-electron chi connectivity index (χ3n) is 1.98. The van der Waals surface area contributed by atoms with Crippen molar-refractivity contribution in [3.05, 3.63) is 53.0 Å². The fourth-order valence-electron chi connectivity index (χ4n) is 1.21. The Morgan fingerprint density at radius 3 is 2.87 bits per heavy atom. The van der Waals surface area contributed by atoms with Gasteiger partial charge in [-0.15, -0.1) is 0 Å². The minimum Gasteiger partial charge on any atom is -0.445 e. The van der Waals surface area contributed by atoms with E-state index in [0.717, 1.165) is 6.07 Å². The summed E-state index contributed by atoms with van der Waals surface area (Å²) < 4.78 is 18.0. The largest absolute Gasteiger partial charge is 0.445 e. The second-order valence-electron chi connectivity index (χ2n) is 2.98. The zero-order chi connectivity index (χ0) is 10.8. The summed E-state index contributed by atoms with van der Waals surface area (Å²) in [6, 6.07) is 4.07. The molecule has 2 rings (SSSR count). The van der Waals surface area contributed by atoms with Crippen LogP contribution in [-0.4, -0.2) is 10.1 Å². The van der Waals surface area contributed by atoms with Crippen LogP contribution in [-0.2, 0) is 0 Å². The lowest BCUT2D eigenvalue weighted by atomic mass is 10.1. The van der Waals surface area contributed by atoms with Gasteiger partial charge in [-0.05, 0) is 17.7 Å². The lowest BCUT2D eigenvalue weighted by molar-refractivity contribution is 0.189. The van der Waals surface area contributed by atoms with Crippen LogP contribution >= 0.6 is 11.6 Å². The van der Waals surface area contributed by atoms with Gasteiger partial charge in [-0.3, -0.25) is 0 Å². The van der Waals surface area contributed by atoms with E-state index in [1.807, 2.05) is 0 Å². The second-order valence-corrected chi connectivity index (χ2v) is 3.39. The first-order chi connectivity index (χ1) is 7.18. The maximum atomic E-state index is 13.1. The van der Waals surface area contributed by atoms with Gasteiger partial charge in [0.15, 0.2) is 12.2 Å². The number of aliphatic hydroxyl groups is 1. The van der Waals surface area contributed by atoms with Gasteiger partial charge in [0.1, 0.15) is 11.9 Å². The smallest absolute Gasteiger partial charge is 0.181 e. The zero-order valence-corrected chi connectivity index (χ0v) is 8.28. The van der Waals surface area contributed by atoms with Crippen LogP contribution in [0, 0.1) is 5.82 Å². The molecule has 0 unspecified atom stereocenters. The maximum absolute atomic E-state index is 13.1. The molecule has 1 aromatic heterocycles. The lowest BCUT2D eigenvalue weighted by Gasteiger charge is -2.07. The molecule has 0 amide bonds. The van der Waals surface area contributed by atoms with Crippen molar-refractivity contribution >= 4 is 11.6 Å². The van der Waals surface area contributed by atoms with E-state index in [1.54, 1.807) is 0 Å². The molecule has 0 fully saturated rings. The lowest BCUT2D eigenvalue weighted by Crippen LogP contribution is -1.98. The van der Waals surface area contributed by atoms with Crippen LogP contribution in [0.2, 0.25) is 5.02 Å². The SMILES string of the molecule is O[C@@H](c1ccc(Cl)c(F)c1)c1cnco1. The summed E-state index contributed by atoms with van der Waals surface area (Å²) in [6.07, 6.45) is 1.54. The fraction of sp³-hybridized carbons (Fsp3) is 0.100. The van der Waals surface area contributed by atoms with Gasteiger partial charge in [-0.2, -0.15) is 0 Å². The minimum atomic E-state index is -1.03. The Labute approximate surface area is 90.1 Å². The molecule has 1 N–H and O–H groups in total. The number of rotatable bonds is 2. The molecular formula is C10H7ClFNO2.